The topological polar surface area (TPSA) is 146 Å². The van der Waals surface area contributed by atoms with Crippen molar-refractivity contribution < 1.29 is 52.0 Å². The molecule has 0 saturated carbocycles. The van der Waals surface area contributed by atoms with Gasteiger partial charge in [0.05, 0.1) is 33.9 Å². The SMILES string of the molecule is CCCCC/C=C\C/C=C\CCCCCCCCCC(=O)O[C@H](COC(=O)CCC/C=C\C[C@H]1C=CC(=O)[C@@H]1/C=C/[C@@H](O)CCCCC)COP(=O)(O)OCC[N+](C)(C)C. The van der Waals surface area contributed by atoms with Crippen molar-refractivity contribution in [2.24, 2.45) is 11.8 Å². The molecular formula is C48H83NO10P+. The lowest BCUT2D eigenvalue weighted by Crippen LogP contribution is -2.37. The molecule has 0 amide bonds. The third-order valence-electron chi connectivity index (χ3n) is 10.3. The van der Waals surface area contributed by atoms with Crippen molar-refractivity contribution in [2.45, 2.75) is 167 Å². The number of hydrogen-bond donors (Lipinski definition) is 2. The minimum absolute atomic E-state index is 0.00419. The van der Waals surface area contributed by atoms with E-state index in [0.717, 1.165) is 51.4 Å². The average molecular weight is 865 g/mol. The Morgan fingerprint density at radius 3 is 2.05 bits per heavy atom. The van der Waals surface area contributed by atoms with E-state index in [1.807, 2.05) is 45.4 Å². The number of carbonyl (C=O) groups excluding carboxylic acids is 3. The molecule has 5 atom stereocenters. The first-order valence-electron chi connectivity index (χ1n) is 23.1. The predicted octanol–water partition coefficient (Wildman–Crippen LogP) is 10.9. The molecule has 0 aromatic carbocycles. The second-order valence-electron chi connectivity index (χ2n) is 17.1. The van der Waals surface area contributed by atoms with Gasteiger partial charge in [0.2, 0.25) is 0 Å². The normalized spacial score (nSPS) is 18.0. The molecule has 1 aliphatic rings. The van der Waals surface area contributed by atoms with Gasteiger partial charge in [0.25, 0.3) is 0 Å². The van der Waals surface area contributed by atoms with E-state index < -0.39 is 38.6 Å². The molecule has 1 rings (SSSR count). The fourth-order valence-electron chi connectivity index (χ4n) is 6.50. The van der Waals surface area contributed by atoms with Gasteiger partial charge < -0.3 is 24.0 Å². The van der Waals surface area contributed by atoms with Crippen molar-refractivity contribution in [1.82, 2.24) is 0 Å². The number of allylic oxidation sites excluding steroid dienone is 9. The summed E-state index contributed by atoms with van der Waals surface area (Å²) >= 11 is 0. The summed E-state index contributed by atoms with van der Waals surface area (Å²) in [5.74, 6) is -1.16. The smallest absolute Gasteiger partial charge is 0.462 e. The van der Waals surface area contributed by atoms with Gasteiger partial charge in [-0.3, -0.25) is 23.4 Å². The molecule has 11 nitrogen and oxygen atoms in total. The summed E-state index contributed by atoms with van der Waals surface area (Å²) in [5, 5.41) is 10.2. The number of carbonyl (C=O) groups is 3. The molecule has 0 aromatic rings. The first-order chi connectivity index (χ1) is 28.8. The minimum atomic E-state index is -4.43. The molecule has 0 aliphatic heterocycles. The van der Waals surface area contributed by atoms with Crippen molar-refractivity contribution >= 4 is 25.5 Å². The average Bonchev–Trinajstić information content (AvgIpc) is 3.55. The Bertz CT molecular complexity index is 1350. The van der Waals surface area contributed by atoms with Gasteiger partial charge in [0.1, 0.15) is 19.8 Å². The van der Waals surface area contributed by atoms with Crippen molar-refractivity contribution in [2.75, 3.05) is 47.5 Å². The monoisotopic (exact) mass is 865 g/mol. The zero-order chi connectivity index (χ0) is 44.3. The molecule has 0 spiro atoms. The fraction of sp³-hybridized carbons (Fsp3) is 0.729. The quantitative estimate of drug-likeness (QED) is 0.0202. The Kier molecular flexibility index (Phi) is 32.2. The summed E-state index contributed by atoms with van der Waals surface area (Å²) in [6, 6.07) is 0. The van der Waals surface area contributed by atoms with Crippen LogP contribution < -0.4 is 0 Å². The van der Waals surface area contributed by atoms with E-state index in [4.69, 9.17) is 18.5 Å². The molecule has 0 fully saturated rings. The van der Waals surface area contributed by atoms with E-state index >= 15 is 0 Å². The van der Waals surface area contributed by atoms with Crippen LogP contribution >= 0.6 is 7.82 Å². The summed E-state index contributed by atoms with van der Waals surface area (Å²) in [6.07, 6.45) is 38.9. The minimum Gasteiger partial charge on any atom is -0.462 e. The largest absolute Gasteiger partial charge is 0.472 e. The number of aliphatic hydroxyl groups excluding tert-OH is 1. The molecule has 0 saturated heterocycles. The van der Waals surface area contributed by atoms with Gasteiger partial charge in [-0.1, -0.05) is 133 Å². The Labute approximate surface area is 363 Å². The highest BCUT2D eigenvalue weighted by atomic mass is 31.2. The first-order valence-corrected chi connectivity index (χ1v) is 24.6. The van der Waals surface area contributed by atoms with E-state index in [1.54, 1.807) is 12.2 Å². The zero-order valence-electron chi connectivity index (χ0n) is 38.0. The van der Waals surface area contributed by atoms with E-state index in [0.29, 0.717) is 43.1 Å². The van der Waals surface area contributed by atoms with Crippen molar-refractivity contribution in [3.05, 3.63) is 60.8 Å². The lowest BCUT2D eigenvalue weighted by Gasteiger charge is -2.24. The van der Waals surface area contributed by atoms with Gasteiger partial charge >= 0.3 is 19.8 Å². The van der Waals surface area contributed by atoms with E-state index in [2.05, 4.69) is 38.2 Å². The highest BCUT2D eigenvalue weighted by Gasteiger charge is 2.28. The summed E-state index contributed by atoms with van der Waals surface area (Å²) in [6.45, 7) is 4.05. The molecule has 344 valence electrons. The van der Waals surface area contributed by atoms with Crippen LogP contribution in [0.15, 0.2) is 60.8 Å². The van der Waals surface area contributed by atoms with Gasteiger partial charge in [0, 0.05) is 18.8 Å². The van der Waals surface area contributed by atoms with E-state index in [-0.39, 0.29) is 43.7 Å². The van der Waals surface area contributed by atoms with Crippen LogP contribution in [-0.4, -0.2) is 91.9 Å². The molecule has 0 radical (unpaired) electrons. The van der Waals surface area contributed by atoms with Crippen LogP contribution in [0.2, 0.25) is 0 Å². The lowest BCUT2D eigenvalue weighted by atomic mass is 9.90. The zero-order valence-corrected chi connectivity index (χ0v) is 38.9. The molecule has 0 heterocycles. The number of quaternary nitrogens is 1. The third-order valence-corrected chi connectivity index (χ3v) is 11.3. The Balaban J connectivity index is 2.45. The fourth-order valence-corrected chi connectivity index (χ4v) is 7.25. The number of phosphoric acid groups is 1. The highest BCUT2D eigenvalue weighted by molar-refractivity contribution is 7.47. The van der Waals surface area contributed by atoms with Crippen molar-refractivity contribution in [1.29, 1.82) is 0 Å². The van der Waals surface area contributed by atoms with Gasteiger partial charge in [0.15, 0.2) is 11.9 Å². The second-order valence-corrected chi connectivity index (χ2v) is 18.5. The number of phosphoric ester groups is 1. The lowest BCUT2D eigenvalue weighted by molar-refractivity contribution is -0.870. The first kappa shape index (κ1) is 55.4. The second kappa shape index (κ2) is 34.9. The standard InChI is InChI=1S/C48H82NO10P/c1-6-8-10-11-12-13-14-15-16-17-18-19-20-21-22-23-29-33-48(53)59-44(41-58-60(54,55)57-39-38-49(3,4)5)40-56-47(52)32-28-25-24-27-30-42-34-37-46(51)45(42)36-35-43(50)31-26-9-7-2/h12-13,15-16,24,27,34-37,42-45,50H,6-11,14,17-23,25-26,28-33,38-41H2,1-5H3/p+1/b13-12-,16-15-,27-24-,36-35+/t42-,43-,44+,45+/m0/s1. The van der Waals surface area contributed by atoms with Gasteiger partial charge in [-0.05, 0) is 76.2 Å². The molecule has 1 unspecified atom stereocenters. The van der Waals surface area contributed by atoms with Gasteiger partial charge in [-0.25, -0.2) is 4.57 Å². The Morgan fingerprint density at radius 1 is 0.767 bits per heavy atom. The molecule has 12 heteroatoms. The summed E-state index contributed by atoms with van der Waals surface area (Å²) in [7, 11) is 1.35. The van der Waals surface area contributed by atoms with Crippen LogP contribution in [0, 0.1) is 11.8 Å². The summed E-state index contributed by atoms with van der Waals surface area (Å²) in [5.41, 5.74) is 0. The van der Waals surface area contributed by atoms with E-state index in [9.17, 15) is 28.9 Å². The number of esters is 2. The molecular weight excluding hydrogens is 781 g/mol. The maximum Gasteiger partial charge on any atom is 0.472 e. The number of likely N-dealkylation sites (N-methyl/N-ethyl adjacent to an activating group) is 1. The van der Waals surface area contributed by atoms with Crippen LogP contribution in [0.4, 0.5) is 0 Å². The van der Waals surface area contributed by atoms with Gasteiger partial charge in [-0.2, -0.15) is 0 Å². The van der Waals surface area contributed by atoms with Crippen LogP contribution in [-0.2, 0) is 37.5 Å². The Hall–Kier alpha value is -2.66. The number of hydrogen-bond acceptors (Lipinski definition) is 9. The van der Waals surface area contributed by atoms with Crippen LogP contribution in [0.1, 0.15) is 155 Å². The van der Waals surface area contributed by atoms with Crippen molar-refractivity contribution in [3.8, 4) is 0 Å². The van der Waals surface area contributed by atoms with Crippen molar-refractivity contribution in [3.63, 3.8) is 0 Å². The number of rotatable bonds is 38. The van der Waals surface area contributed by atoms with Crippen LogP contribution in [0.25, 0.3) is 0 Å². The molecule has 1 aliphatic carbocycles. The molecule has 0 aromatic heterocycles. The number of aliphatic hydroxyl groups is 1. The molecule has 60 heavy (non-hydrogen) atoms. The van der Waals surface area contributed by atoms with Crippen LogP contribution in [0.3, 0.4) is 0 Å². The third kappa shape index (κ3) is 32.1. The highest BCUT2D eigenvalue weighted by Crippen LogP contribution is 2.43. The Morgan fingerprint density at radius 2 is 1.37 bits per heavy atom. The maximum atomic E-state index is 12.7. The maximum absolute atomic E-state index is 12.7. The number of nitrogens with zero attached hydrogens (tertiary/aromatic N) is 1. The summed E-state index contributed by atoms with van der Waals surface area (Å²) in [4.78, 5) is 48.0. The number of unbranched alkanes of at least 4 members (excludes halogenated alkanes) is 13. The number of ketones is 1. The van der Waals surface area contributed by atoms with E-state index in [1.165, 1.54) is 44.9 Å². The molecule has 2 N–H and O–H groups in total. The van der Waals surface area contributed by atoms with Crippen LogP contribution in [0.5, 0.6) is 0 Å². The molecule has 0 bridgehead atoms. The predicted molar refractivity (Wildman–Crippen MR) is 242 cm³/mol. The summed E-state index contributed by atoms with van der Waals surface area (Å²) < 4.78 is 34.3. The number of ether oxygens (including phenoxy) is 2. The van der Waals surface area contributed by atoms with Gasteiger partial charge in [-0.15, -0.1) is 0 Å².